The number of esters is 1. The standard InChI is InChI=1S/C21H23NO3.C2HF3O2/c23-20(25-19-15-22-13-11-16(19)12-14-22)21(24,17-7-3-1-4-8-17)18-9-5-2-6-10-18;3-2(4,5)1(6)7/h1-10,16,19,24H,11-15H2;(H,6,7). The van der Waals surface area contributed by atoms with Crippen molar-refractivity contribution in [3.63, 3.8) is 0 Å². The van der Waals surface area contributed by atoms with Crippen molar-refractivity contribution < 1.29 is 42.6 Å². The maximum atomic E-state index is 13.1. The van der Waals surface area contributed by atoms with Crippen LogP contribution in [0, 0.1) is 5.92 Å². The van der Waals surface area contributed by atoms with Gasteiger partial charge in [-0.15, -0.1) is 0 Å². The highest BCUT2D eigenvalue weighted by Crippen LogP contribution is 2.33. The number of alkyl halides is 3. The van der Waals surface area contributed by atoms with Crippen LogP contribution in [0.15, 0.2) is 60.7 Å². The monoisotopic (exact) mass is 451 g/mol. The van der Waals surface area contributed by atoms with E-state index >= 15 is 0 Å². The number of rotatable bonds is 4. The van der Waals surface area contributed by atoms with E-state index in [0.717, 1.165) is 19.4 Å². The molecule has 0 spiro atoms. The molecule has 32 heavy (non-hydrogen) atoms. The molecule has 1 atom stereocenters. The van der Waals surface area contributed by atoms with Crippen LogP contribution in [0.5, 0.6) is 0 Å². The fraction of sp³-hybridized carbons (Fsp3) is 0.391. The summed E-state index contributed by atoms with van der Waals surface area (Å²) in [5.74, 6) is -3.15. The zero-order valence-electron chi connectivity index (χ0n) is 17.2. The van der Waals surface area contributed by atoms with Crippen molar-refractivity contribution >= 4 is 11.9 Å². The Morgan fingerprint density at radius 1 is 0.938 bits per heavy atom. The van der Waals surface area contributed by atoms with Gasteiger partial charge >= 0.3 is 12.1 Å². The Morgan fingerprint density at radius 3 is 1.72 bits per heavy atom. The number of aliphatic hydroxyl groups is 1. The van der Waals surface area contributed by atoms with Crippen molar-refractivity contribution in [1.82, 2.24) is 0 Å². The van der Waals surface area contributed by atoms with Crippen molar-refractivity contribution in [2.75, 3.05) is 19.6 Å². The number of benzene rings is 2. The molecule has 2 aromatic carbocycles. The molecule has 6 nitrogen and oxygen atoms in total. The fourth-order valence-corrected chi connectivity index (χ4v) is 4.20. The number of hydrogen-bond donors (Lipinski definition) is 2. The summed E-state index contributed by atoms with van der Waals surface area (Å²) in [6.07, 6.45) is -3.09. The quantitative estimate of drug-likeness (QED) is 0.659. The maximum absolute atomic E-state index is 13.1. The van der Waals surface area contributed by atoms with Gasteiger partial charge in [0.05, 0.1) is 13.1 Å². The zero-order valence-corrected chi connectivity index (χ0v) is 17.2. The normalized spacial score (nSPS) is 22.4. The van der Waals surface area contributed by atoms with E-state index in [4.69, 9.17) is 14.6 Å². The highest BCUT2D eigenvalue weighted by atomic mass is 19.4. The number of nitrogens with one attached hydrogen (secondary N) is 1. The van der Waals surface area contributed by atoms with Gasteiger partial charge in [0.25, 0.3) is 0 Å². The molecule has 3 heterocycles. The average Bonchev–Trinajstić information content (AvgIpc) is 2.80. The number of hydrogen-bond acceptors (Lipinski definition) is 5. The van der Waals surface area contributed by atoms with Crippen LogP contribution >= 0.6 is 0 Å². The van der Waals surface area contributed by atoms with Crippen molar-refractivity contribution in [3.8, 4) is 0 Å². The van der Waals surface area contributed by atoms with Crippen LogP contribution in [0.25, 0.3) is 0 Å². The van der Waals surface area contributed by atoms with Gasteiger partial charge in [0.1, 0.15) is 12.5 Å². The van der Waals surface area contributed by atoms with E-state index in [9.17, 15) is 23.1 Å². The van der Waals surface area contributed by atoms with Crippen LogP contribution < -0.4 is 10.0 Å². The number of aliphatic carboxylic acids is 1. The lowest BCUT2D eigenvalue weighted by atomic mass is 9.84. The van der Waals surface area contributed by atoms with Gasteiger partial charge in [-0.05, 0) is 11.1 Å². The number of carboxylic acid groups (broad SMARTS) is 1. The molecule has 3 fully saturated rings. The average molecular weight is 451 g/mol. The summed E-state index contributed by atoms with van der Waals surface area (Å²) >= 11 is 0. The van der Waals surface area contributed by atoms with Crippen LogP contribution in [0.3, 0.4) is 0 Å². The third kappa shape index (κ3) is 5.28. The number of carboxylic acids is 1. The Hall–Kier alpha value is -2.91. The molecule has 9 heteroatoms. The summed E-state index contributed by atoms with van der Waals surface area (Å²) in [5, 5.41) is 20.2. The maximum Gasteiger partial charge on any atom is 0.430 e. The summed E-state index contributed by atoms with van der Waals surface area (Å²) in [7, 11) is 0. The highest BCUT2D eigenvalue weighted by Gasteiger charge is 2.46. The molecular formula is C23H24F3NO5. The second kappa shape index (κ2) is 9.70. The number of carbonyl (C=O) groups is 2. The van der Waals surface area contributed by atoms with Gasteiger partial charge in [0.15, 0.2) is 6.10 Å². The van der Waals surface area contributed by atoms with Gasteiger partial charge in [0, 0.05) is 18.8 Å². The van der Waals surface area contributed by atoms with E-state index in [2.05, 4.69) is 0 Å². The lowest BCUT2D eigenvalue weighted by Gasteiger charge is -2.42. The van der Waals surface area contributed by atoms with E-state index in [1.54, 1.807) is 24.3 Å². The first-order chi connectivity index (χ1) is 15.1. The van der Waals surface area contributed by atoms with Gasteiger partial charge in [-0.1, -0.05) is 60.7 Å². The largest absolute Gasteiger partial charge is 0.542 e. The van der Waals surface area contributed by atoms with E-state index in [-0.39, 0.29) is 6.10 Å². The van der Waals surface area contributed by atoms with Crippen LogP contribution in [-0.2, 0) is 19.9 Å². The number of fused-ring (bicyclic) bond motifs is 3. The molecule has 3 aliphatic rings. The number of halogens is 3. The van der Waals surface area contributed by atoms with Crippen molar-refractivity contribution in [2.24, 2.45) is 5.92 Å². The SMILES string of the molecule is O=C(OC1C[NH+]2CCC1CC2)C(O)(c1ccccc1)c1ccccc1.O=C([O-])C(F)(F)F. The van der Waals surface area contributed by atoms with E-state index < -0.39 is 23.7 Å². The molecule has 0 aromatic heterocycles. The van der Waals surface area contributed by atoms with Gasteiger partial charge in [-0.3, -0.25) is 0 Å². The van der Waals surface area contributed by atoms with Gasteiger partial charge in [-0.25, -0.2) is 4.79 Å². The molecule has 2 N–H and O–H groups in total. The zero-order chi connectivity index (χ0) is 23.4. The summed E-state index contributed by atoms with van der Waals surface area (Å²) in [4.78, 5) is 23.4. The Kier molecular flexibility index (Phi) is 7.20. The molecule has 3 aliphatic heterocycles. The predicted octanol–water partition coefficient (Wildman–Crippen LogP) is 0.441. The summed E-state index contributed by atoms with van der Waals surface area (Å²) in [6.45, 7) is 3.19. The summed E-state index contributed by atoms with van der Waals surface area (Å²) < 4.78 is 37.4. The molecule has 0 saturated carbocycles. The van der Waals surface area contributed by atoms with Crippen LogP contribution in [0.1, 0.15) is 24.0 Å². The van der Waals surface area contributed by atoms with Crippen LogP contribution in [0.4, 0.5) is 13.2 Å². The van der Waals surface area contributed by atoms with E-state index in [1.165, 1.54) is 18.0 Å². The minimum atomic E-state index is -5.19. The lowest BCUT2D eigenvalue weighted by molar-refractivity contribution is -0.920. The minimum Gasteiger partial charge on any atom is -0.542 e. The van der Waals surface area contributed by atoms with Crippen molar-refractivity contribution in [2.45, 2.75) is 30.7 Å². The molecule has 5 rings (SSSR count). The van der Waals surface area contributed by atoms with Gasteiger partial charge in [-0.2, -0.15) is 13.2 Å². The highest BCUT2D eigenvalue weighted by molar-refractivity contribution is 5.85. The third-order valence-electron chi connectivity index (χ3n) is 5.92. The number of carbonyl (C=O) groups excluding carboxylic acids is 2. The molecule has 172 valence electrons. The van der Waals surface area contributed by atoms with Crippen molar-refractivity contribution in [3.05, 3.63) is 71.8 Å². The minimum absolute atomic E-state index is 0.0936. The molecular weight excluding hydrogens is 427 g/mol. The third-order valence-corrected chi connectivity index (χ3v) is 5.92. The first-order valence-corrected chi connectivity index (χ1v) is 10.3. The molecule has 2 aromatic rings. The number of quaternary nitrogens is 1. The lowest BCUT2D eigenvalue weighted by Crippen LogP contribution is -3.16. The Labute approximate surface area is 183 Å². The second-order valence-electron chi connectivity index (χ2n) is 7.96. The Balaban J connectivity index is 0.000000360. The van der Waals surface area contributed by atoms with Crippen molar-refractivity contribution in [1.29, 1.82) is 0 Å². The smallest absolute Gasteiger partial charge is 0.430 e. The molecule has 1 unspecified atom stereocenters. The number of piperidine rings is 3. The van der Waals surface area contributed by atoms with Gasteiger partial charge < -0.3 is 24.6 Å². The summed E-state index contributed by atoms with van der Waals surface area (Å²) in [6, 6.07) is 18.2. The second-order valence-corrected chi connectivity index (χ2v) is 7.96. The first-order valence-electron chi connectivity index (χ1n) is 10.3. The molecule has 2 bridgehead atoms. The number of ether oxygens (including phenoxy) is 1. The van der Waals surface area contributed by atoms with Crippen LogP contribution in [-0.4, -0.2) is 49.0 Å². The molecule has 0 radical (unpaired) electrons. The molecule has 3 saturated heterocycles. The predicted molar refractivity (Wildman–Crippen MR) is 105 cm³/mol. The van der Waals surface area contributed by atoms with Crippen LogP contribution in [0.2, 0.25) is 0 Å². The molecule has 0 amide bonds. The van der Waals surface area contributed by atoms with E-state index in [1.807, 2.05) is 36.4 Å². The molecule has 0 aliphatic carbocycles. The Bertz CT molecular complexity index is 873. The first kappa shape index (κ1) is 23.7. The fourth-order valence-electron chi connectivity index (χ4n) is 4.20. The summed E-state index contributed by atoms with van der Waals surface area (Å²) in [5.41, 5.74) is -0.691. The topological polar surface area (TPSA) is 91.1 Å². The Morgan fingerprint density at radius 2 is 1.38 bits per heavy atom. The van der Waals surface area contributed by atoms with E-state index in [0.29, 0.717) is 17.0 Å². The van der Waals surface area contributed by atoms with Gasteiger partial charge in [0.2, 0.25) is 5.60 Å².